The summed E-state index contributed by atoms with van der Waals surface area (Å²) in [5, 5.41) is 7.54. The van der Waals surface area contributed by atoms with Gasteiger partial charge in [-0.2, -0.15) is 4.63 Å². The second-order valence-corrected chi connectivity index (χ2v) is 7.04. The highest BCUT2D eigenvalue weighted by Gasteiger charge is 2.36. The van der Waals surface area contributed by atoms with Gasteiger partial charge in [0.2, 0.25) is 17.7 Å². The Labute approximate surface area is 156 Å². The number of para-hydroxylation sites is 1. The molecule has 2 atom stereocenters. The van der Waals surface area contributed by atoms with Crippen LogP contribution in [-0.2, 0) is 9.59 Å². The molecular formula is C19H21N5O3. The SMILES string of the molecule is Cc1c(Oc2ccccc2)nn2[nH]c(C(C)CN3C(=O)CC(C)C3=O)nc12. The molecule has 0 saturated carbocycles. The molecule has 1 aliphatic rings. The number of H-pyrrole nitrogens is 1. The van der Waals surface area contributed by atoms with Gasteiger partial charge in [0, 0.05) is 24.8 Å². The lowest BCUT2D eigenvalue weighted by Gasteiger charge is -2.17. The molecule has 1 fully saturated rings. The molecule has 8 heteroatoms. The van der Waals surface area contributed by atoms with Crippen LogP contribution in [0.1, 0.15) is 37.6 Å². The third-order valence-corrected chi connectivity index (χ3v) is 4.84. The number of nitrogens with zero attached hydrogens (tertiary/aromatic N) is 4. The predicted octanol–water partition coefficient (Wildman–Crippen LogP) is 2.66. The number of carbonyl (C=O) groups excluding carboxylic acids is 2. The van der Waals surface area contributed by atoms with Crippen molar-refractivity contribution in [2.75, 3.05) is 6.54 Å². The van der Waals surface area contributed by atoms with Crippen LogP contribution in [0.15, 0.2) is 30.3 Å². The molecule has 4 rings (SSSR count). The molecule has 8 nitrogen and oxygen atoms in total. The predicted molar refractivity (Wildman–Crippen MR) is 97.5 cm³/mol. The number of carbonyl (C=O) groups is 2. The standard InChI is InChI=1S/C19H21N5O3/c1-11-9-15(25)23(19(11)26)10-12(2)16-20-17-13(3)18(22-24(17)21-16)27-14-7-5-4-6-8-14/h4-8,11-12H,9-10H2,1-3H3,(H,20,21). The Morgan fingerprint density at radius 3 is 2.67 bits per heavy atom. The average Bonchev–Trinajstić information content (AvgIpc) is 3.26. The number of fused-ring (bicyclic) bond motifs is 1. The van der Waals surface area contributed by atoms with E-state index in [4.69, 9.17) is 4.74 Å². The first-order valence-corrected chi connectivity index (χ1v) is 8.96. The fraction of sp³-hybridized carbons (Fsp3) is 0.368. The van der Waals surface area contributed by atoms with Crippen molar-refractivity contribution in [2.24, 2.45) is 5.92 Å². The van der Waals surface area contributed by atoms with Crippen LogP contribution in [0.3, 0.4) is 0 Å². The summed E-state index contributed by atoms with van der Waals surface area (Å²) in [5.74, 6) is 1.27. The van der Waals surface area contributed by atoms with E-state index in [0.29, 0.717) is 29.6 Å². The monoisotopic (exact) mass is 367 g/mol. The zero-order chi connectivity index (χ0) is 19.1. The molecule has 2 aromatic heterocycles. The number of hydrogen-bond donors (Lipinski definition) is 1. The Morgan fingerprint density at radius 2 is 2.04 bits per heavy atom. The minimum atomic E-state index is -0.237. The van der Waals surface area contributed by atoms with Crippen molar-refractivity contribution >= 4 is 17.5 Å². The Balaban J connectivity index is 1.54. The van der Waals surface area contributed by atoms with Crippen molar-refractivity contribution in [1.29, 1.82) is 0 Å². The average molecular weight is 367 g/mol. The highest BCUT2D eigenvalue weighted by molar-refractivity contribution is 6.03. The third-order valence-electron chi connectivity index (χ3n) is 4.84. The number of aromatic amines is 1. The molecule has 27 heavy (non-hydrogen) atoms. The molecule has 0 spiro atoms. The second kappa shape index (κ2) is 6.53. The van der Waals surface area contributed by atoms with Crippen LogP contribution in [0, 0.1) is 12.8 Å². The molecule has 1 saturated heterocycles. The van der Waals surface area contributed by atoms with Gasteiger partial charge in [-0.15, -0.1) is 5.10 Å². The fourth-order valence-corrected chi connectivity index (χ4v) is 3.24. The van der Waals surface area contributed by atoms with Gasteiger partial charge in [0.05, 0.1) is 5.56 Å². The zero-order valence-electron chi connectivity index (χ0n) is 15.5. The lowest BCUT2D eigenvalue weighted by Crippen LogP contribution is -2.33. The molecule has 3 aromatic rings. The Morgan fingerprint density at radius 1 is 1.30 bits per heavy atom. The first-order valence-electron chi connectivity index (χ1n) is 8.96. The highest BCUT2D eigenvalue weighted by atomic mass is 16.5. The van der Waals surface area contributed by atoms with Crippen LogP contribution in [0.25, 0.3) is 5.65 Å². The van der Waals surface area contributed by atoms with Crippen molar-refractivity contribution < 1.29 is 14.3 Å². The third kappa shape index (κ3) is 3.07. The van der Waals surface area contributed by atoms with E-state index < -0.39 is 0 Å². The summed E-state index contributed by atoms with van der Waals surface area (Å²) >= 11 is 0. The second-order valence-electron chi connectivity index (χ2n) is 7.04. The van der Waals surface area contributed by atoms with Gasteiger partial charge in [-0.05, 0) is 19.1 Å². The van der Waals surface area contributed by atoms with Gasteiger partial charge >= 0.3 is 0 Å². The molecule has 1 N–H and O–H groups in total. The smallest absolute Gasteiger partial charge is 0.245 e. The van der Waals surface area contributed by atoms with Crippen LogP contribution in [-0.4, -0.2) is 43.1 Å². The highest BCUT2D eigenvalue weighted by Crippen LogP contribution is 2.27. The van der Waals surface area contributed by atoms with Gasteiger partial charge in [-0.3, -0.25) is 19.6 Å². The van der Waals surface area contributed by atoms with E-state index in [1.54, 1.807) is 11.6 Å². The number of nitrogens with one attached hydrogen (secondary N) is 1. The summed E-state index contributed by atoms with van der Waals surface area (Å²) in [7, 11) is 0. The molecular weight excluding hydrogens is 346 g/mol. The minimum absolute atomic E-state index is 0.113. The van der Waals surface area contributed by atoms with E-state index in [1.165, 1.54) is 4.90 Å². The Hall–Kier alpha value is -3.16. The molecule has 2 unspecified atom stereocenters. The Bertz CT molecular complexity index is 1010. The van der Waals surface area contributed by atoms with Crippen LogP contribution < -0.4 is 4.74 Å². The number of amides is 2. The lowest BCUT2D eigenvalue weighted by atomic mass is 10.1. The van der Waals surface area contributed by atoms with Gasteiger partial charge in [-0.1, -0.05) is 32.0 Å². The van der Waals surface area contributed by atoms with Gasteiger partial charge in [0.25, 0.3) is 0 Å². The maximum absolute atomic E-state index is 12.1. The number of hydrogen-bond acceptors (Lipinski definition) is 5. The summed E-state index contributed by atoms with van der Waals surface area (Å²) in [5.41, 5.74) is 1.48. The topological polar surface area (TPSA) is 92.6 Å². The molecule has 2 amide bonds. The normalized spacial score (nSPS) is 18.5. The van der Waals surface area contributed by atoms with Crippen molar-refractivity contribution in [3.05, 3.63) is 41.7 Å². The molecule has 0 aliphatic carbocycles. The summed E-state index contributed by atoms with van der Waals surface area (Å²) in [4.78, 5) is 30.0. The summed E-state index contributed by atoms with van der Waals surface area (Å²) in [6, 6.07) is 9.43. The van der Waals surface area contributed by atoms with Crippen LogP contribution >= 0.6 is 0 Å². The van der Waals surface area contributed by atoms with Crippen molar-refractivity contribution in [1.82, 2.24) is 24.7 Å². The minimum Gasteiger partial charge on any atom is -0.437 e. The van der Waals surface area contributed by atoms with Crippen molar-refractivity contribution in [3.8, 4) is 11.6 Å². The summed E-state index contributed by atoms with van der Waals surface area (Å²) in [6.07, 6.45) is 0.284. The first kappa shape index (κ1) is 17.3. The number of benzene rings is 1. The van der Waals surface area contributed by atoms with Crippen LogP contribution in [0.4, 0.5) is 0 Å². The van der Waals surface area contributed by atoms with Crippen LogP contribution in [0.5, 0.6) is 11.6 Å². The fourth-order valence-electron chi connectivity index (χ4n) is 3.24. The largest absolute Gasteiger partial charge is 0.437 e. The van der Waals surface area contributed by atoms with Crippen molar-refractivity contribution in [2.45, 2.75) is 33.1 Å². The van der Waals surface area contributed by atoms with Crippen molar-refractivity contribution in [3.63, 3.8) is 0 Å². The van der Waals surface area contributed by atoms with E-state index >= 15 is 0 Å². The summed E-state index contributed by atoms with van der Waals surface area (Å²) < 4.78 is 7.38. The number of likely N-dealkylation sites (tertiary alicyclic amines) is 1. The molecule has 1 aliphatic heterocycles. The van der Waals surface area contributed by atoms with Gasteiger partial charge < -0.3 is 4.74 Å². The van der Waals surface area contributed by atoms with E-state index in [-0.39, 0.29) is 30.1 Å². The number of aryl methyl sites for hydroxylation is 1. The zero-order valence-corrected chi connectivity index (χ0v) is 15.5. The number of ether oxygens (including phenoxy) is 1. The molecule has 140 valence electrons. The van der Waals surface area contributed by atoms with Crippen LogP contribution in [0.2, 0.25) is 0 Å². The lowest BCUT2D eigenvalue weighted by molar-refractivity contribution is -0.139. The number of imide groups is 1. The Kier molecular flexibility index (Phi) is 4.18. The maximum Gasteiger partial charge on any atom is 0.245 e. The number of aromatic nitrogens is 4. The summed E-state index contributed by atoms with van der Waals surface area (Å²) in [6.45, 7) is 5.91. The van der Waals surface area contributed by atoms with Gasteiger partial charge in [0.1, 0.15) is 11.6 Å². The van der Waals surface area contributed by atoms with Gasteiger partial charge in [0.15, 0.2) is 5.65 Å². The van der Waals surface area contributed by atoms with E-state index in [1.807, 2.05) is 44.2 Å². The van der Waals surface area contributed by atoms with E-state index in [0.717, 1.165) is 5.56 Å². The van der Waals surface area contributed by atoms with E-state index in [9.17, 15) is 9.59 Å². The molecule has 0 radical (unpaired) electrons. The molecule has 3 heterocycles. The quantitative estimate of drug-likeness (QED) is 0.700. The van der Waals surface area contributed by atoms with Gasteiger partial charge in [-0.25, -0.2) is 4.98 Å². The number of rotatable bonds is 5. The molecule has 0 bridgehead atoms. The molecule has 1 aromatic carbocycles. The van der Waals surface area contributed by atoms with E-state index in [2.05, 4.69) is 15.2 Å². The maximum atomic E-state index is 12.1. The first-order chi connectivity index (χ1) is 12.9.